The van der Waals surface area contributed by atoms with E-state index in [1.54, 1.807) is 0 Å². The third kappa shape index (κ3) is 4.58. The molecule has 0 saturated carbocycles. The number of fused-ring (bicyclic) bond motifs is 1. The second-order valence-electron chi connectivity index (χ2n) is 7.45. The smallest absolute Gasteiger partial charge is 0.220 e. The fourth-order valence-corrected chi connectivity index (χ4v) is 3.65. The molecule has 2 heterocycles. The molecule has 4 nitrogen and oxygen atoms in total. The van der Waals surface area contributed by atoms with Crippen LogP contribution in [0.4, 0.5) is 0 Å². The van der Waals surface area contributed by atoms with Gasteiger partial charge in [-0.3, -0.25) is 9.69 Å². The Labute approximate surface area is 145 Å². The first-order chi connectivity index (χ1) is 11.6. The van der Waals surface area contributed by atoms with Crippen LogP contribution in [-0.2, 0) is 16.0 Å². The van der Waals surface area contributed by atoms with Gasteiger partial charge in [-0.2, -0.15) is 0 Å². The third-order valence-corrected chi connectivity index (χ3v) is 5.28. The second kappa shape index (κ2) is 8.13. The van der Waals surface area contributed by atoms with E-state index in [2.05, 4.69) is 48.3 Å². The van der Waals surface area contributed by atoms with E-state index in [0.29, 0.717) is 24.9 Å². The summed E-state index contributed by atoms with van der Waals surface area (Å²) in [6.07, 6.45) is 4.02. The molecule has 2 aliphatic rings. The molecule has 0 spiro atoms. The Hall–Kier alpha value is -1.39. The number of nitrogens with zero attached hydrogens (tertiary/aromatic N) is 1. The summed E-state index contributed by atoms with van der Waals surface area (Å²) in [5.74, 6) is 0.670. The van der Waals surface area contributed by atoms with Crippen LogP contribution in [0, 0.1) is 0 Å². The largest absolute Gasteiger partial charge is 0.373 e. The summed E-state index contributed by atoms with van der Waals surface area (Å²) in [7, 11) is 0. The van der Waals surface area contributed by atoms with E-state index >= 15 is 0 Å². The molecule has 0 unspecified atom stereocenters. The van der Waals surface area contributed by atoms with Crippen LogP contribution in [0.25, 0.3) is 0 Å². The van der Waals surface area contributed by atoms with E-state index in [1.165, 1.54) is 30.5 Å². The highest BCUT2D eigenvalue weighted by molar-refractivity contribution is 5.76. The molecule has 2 atom stereocenters. The van der Waals surface area contributed by atoms with Crippen LogP contribution in [-0.4, -0.2) is 49.2 Å². The molecule has 2 fully saturated rings. The molecule has 0 radical (unpaired) electrons. The van der Waals surface area contributed by atoms with E-state index in [0.717, 1.165) is 19.6 Å². The summed E-state index contributed by atoms with van der Waals surface area (Å²) in [4.78, 5) is 14.6. The first kappa shape index (κ1) is 17.4. The predicted octanol–water partition coefficient (Wildman–Crippen LogP) is 2.72. The van der Waals surface area contributed by atoms with Gasteiger partial charge in [0.05, 0.1) is 12.7 Å². The molecule has 2 aliphatic heterocycles. The first-order valence-corrected chi connectivity index (χ1v) is 9.33. The maximum absolute atomic E-state index is 12.1. The van der Waals surface area contributed by atoms with Crippen LogP contribution in [0.3, 0.4) is 0 Å². The number of nitrogens with one attached hydrogen (secondary N) is 1. The van der Waals surface area contributed by atoms with Gasteiger partial charge in [0, 0.05) is 25.6 Å². The number of amides is 1. The number of hydrogen-bond acceptors (Lipinski definition) is 3. The summed E-state index contributed by atoms with van der Waals surface area (Å²) in [5.41, 5.74) is 2.57. The molecular weight excluding hydrogens is 300 g/mol. The molecular formula is C20H30N2O2. The van der Waals surface area contributed by atoms with Gasteiger partial charge in [0.15, 0.2) is 0 Å². The number of benzene rings is 1. The number of rotatable bonds is 6. The maximum Gasteiger partial charge on any atom is 0.220 e. The summed E-state index contributed by atoms with van der Waals surface area (Å²) < 4.78 is 5.88. The minimum absolute atomic E-state index is 0.120. The van der Waals surface area contributed by atoms with Gasteiger partial charge in [0.2, 0.25) is 5.91 Å². The Balaban J connectivity index is 1.36. The van der Waals surface area contributed by atoms with E-state index < -0.39 is 0 Å². The lowest BCUT2D eigenvalue weighted by molar-refractivity contribution is -0.122. The Morgan fingerprint density at radius 1 is 1.33 bits per heavy atom. The summed E-state index contributed by atoms with van der Waals surface area (Å²) in [6.45, 7) is 7.99. The number of carbonyl (C=O) groups excluding carboxylic acids is 1. The topological polar surface area (TPSA) is 41.6 Å². The standard InChI is InChI=1S/C20H30N2O2/c1-15(2)17-8-5-16(6-9-17)7-10-20(23)21-12-19-13-22-11-3-4-18(22)14-24-19/h5-6,8-9,15,18-19H,3-4,7,10-14H2,1-2H3,(H,21,23)/t18-,19+/m1/s1. The van der Waals surface area contributed by atoms with E-state index in [4.69, 9.17) is 4.74 Å². The summed E-state index contributed by atoms with van der Waals surface area (Å²) >= 11 is 0. The van der Waals surface area contributed by atoms with Gasteiger partial charge in [-0.05, 0) is 42.9 Å². The zero-order valence-corrected chi connectivity index (χ0v) is 15.0. The first-order valence-electron chi connectivity index (χ1n) is 9.33. The van der Waals surface area contributed by atoms with Gasteiger partial charge >= 0.3 is 0 Å². The fraction of sp³-hybridized carbons (Fsp3) is 0.650. The van der Waals surface area contributed by atoms with Crippen LogP contribution >= 0.6 is 0 Å². The molecule has 2 saturated heterocycles. The number of hydrogen-bond donors (Lipinski definition) is 1. The van der Waals surface area contributed by atoms with E-state index in [-0.39, 0.29) is 12.0 Å². The van der Waals surface area contributed by atoms with Crippen LogP contribution in [0.2, 0.25) is 0 Å². The highest BCUT2D eigenvalue weighted by Crippen LogP contribution is 2.22. The lowest BCUT2D eigenvalue weighted by Gasteiger charge is -2.35. The van der Waals surface area contributed by atoms with Crippen molar-refractivity contribution in [3.05, 3.63) is 35.4 Å². The number of aryl methyl sites for hydroxylation is 1. The van der Waals surface area contributed by atoms with Gasteiger partial charge in [-0.1, -0.05) is 38.1 Å². The third-order valence-electron chi connectivity index (χ3n) is 5.28. The van der Waals surface area contributed by atoms with Crippen LogP contribution in [0.1, 0.15) is 50.2 Å². The zero-order chi connectivity index (χ0) is 16.9. The van der Waals surface area contributed by atoms with Crippen molar-refractivity contribution in [2.75, 3.05) is 26.2 Å². The Morgan fingerprint density at radius 3 is 2.88 bits per heavy atom. The van der Waals surface area contributed by atoms with Crippen molar-refractivity contribution in [1.29, 1.82) is 0 Å². The Kier molecular flexibility index (Phi) is 5.90. The average Bonchev–Trinajstić information content (AvgIpc) is 3.06. The van der Waals surface area contributed by atoms with Crippen LogP contribution in [0.15, 0.2) is 24.3 Å². The molecule has 0 bridgehead atoms. The summed E-state index contributed by atoms with van der Waals surface area (Å²) in [5, 5.41) is 3.04. The Bertz CT molecular complexity index is 541. The number of carbonyl (C=O) groups is 1. The highest BCUT2D eigenvalue weighted by atomic mass is 16.5. The predicted molar refractivity (Wildman–Crippen MR) is 96.2 cm³/mol. The van der Waals surface area contributed by atoms with Gasteiger partial charge in [-0.25, -0.2) is 0 Å². The zero-order valence-electron chi connectivity index (χ0n) is 15.0. The molecule has 1 aromatic rings. The van der Waals surface area contributed by atoms with Gasteiger partial charge in [0.1, 0.15) is 0 Å². The van der Waals surface area contributed by atoms with Crippen molar-refractivity contribution < 1.29 is 9.53 Å². The molecule has 1 amide bonds. The van der Waals surface area contributed by atoms with Crippen LogP contribution < -0.4 is 5.32 Å². The SMILES string of the molecule is CC(C)c1ccc(CCC(=O)NC[C@H]2CN3CCC[C@@H]3CO2)cc1. The van der Waals surface area contributed by atoms with Crippen LogP contribution in [0.5, 0.6) is 0 Å². The lowest BCUT2D eigenvalue weighted by Crippen LogP contribution is -2.50. The van der Waals surface area contributed by atoms with Crippen molar-refractivity contribution in [1.82, 2.24) is 10.2 Å². The van der Waals surface area contributed by atoms with Gasteiger partial charge in [-0.15, -0.1) is 0 Å². The molecule has 1 aromatic carbocycles. The fourth-order valence-electron chi connectivity index (χ4n) is 3.65. The molecule has 1 N–H and O–H groups in total. The van der Waals surface area contributed by atoms with Crippen molar-refractivity contribution in [2.24, 2.45) is 0 Å². The monoisotopic (exact) mass is 330 g/mol. The quantitative estimate of drug-likeness (QED) is 0.872. The van der Waals surface area contributed by atoms with Gasteiger partial charge in [0.25, 0.3) is 0 Å². The van der Waals surface area contributed by atoms with Crippen molar-refractivity contribution in [3.8, 4) is 0 Å². The molecule has 0 aliphatic carbocycles. The lowest BCUT2D eigenvalue weighted by atomic mass is 10.0. The van der Waals surface area contributed by atoms with Gasteiger partial charge < -0.3 is 10.1 Å². The normalized spacial score (nSPS) is 24.1. The minimum atomic E-state index is 0.120. The number of morpholine rings is 1. The van der Waals surface area contributed by atoms with Crippen molar-refractivity contribution >= 4 is 5.91 Å². The minimum Gasteiger partial charge on any atom is -0.373 e. The molecule has 0 aromatic heterocycles. The van der Waals surface area contributed by atoms with Crippen molar-refractivity contribution in [2.45, 2.75) is 57.6 Å². The highest BCUT2D eigenvalue weighted by Gasteiger charge is 2.32. The molecule has 4 heteroatoms. The average molecular weight is 330 g/mol. The van der Waals surface area contributed by atoms with Crippen molar-refractivity contribution in [3.63, 3.8) is 0 Å². The molecule has 132 valence electrons. The number of ether oxygens (including phenoxy) is 1. The van der Waals surface area contributed by atoms with E-state index in [9.17, 15) is 4.79 Å². The molecule has 3 rings (SSSR count). The summed E-state index contributed by atoms with van der Waals surface area (Å²) in [6, 6.07) is 9.23. The molecule has 24 heavy (non-hydrogen) atoms. The van der Waals surface area contributed by atoms with E-state index in [1.807, 2.05) is 0 Å². The second-order valence-corrected chi connectivity index (χ2v) is 7.45. The Morgan fingerprint density at radius 2 is 2.12 bits per heavy atom. The maximum atomic E-state index is 12.1.